The van der Waals surface area contributed by atoms with E-state index in [1.165, 1.54) is 30.4 Å². The maximum atomic E-state index is 6.60. The van der Waals surface area contributed by atoms with E-state index in [1.54, 1.807) is 6.20 Å². The summed E-state index contributed by atoms with van der Waals surface area (Å²) >= 11 is 0. The van der Waals surface area contributed by atoms with E-state index in [-0.39, 0.29) is 0 Å². The lowest BCUT2D eigenvalue weighted by Crippen LogP contribution is -2.37. The first-order valence-corrected chi connectivity index (χ1v) is 9.56. The van der Waals surface area contributed by atoms with Gasteiger partial charge < -0.3 is 16.4 Å². The van der Waals surface area contributed by atoms with Crippen LogP contribution in [0.1, 0.15) is 30.4 Å². The van der Waals surface area contributed by atoms with Gasteiger partial charge in [-0.25, -0.2) is 4.99 Å². The van der Waals surface area contributed by atoms with Gasteiger partial charge >= 0.3 is 0 Å². The van der Waals surface area contributed by atoms with Crippen molar-refractivity contribution in [2.24, 2.45) is 22.4 Å². The summed E-state index contributed by atoms with van der Waals surface area (Å²) in [7, 11) is 0. The van der Waals surface area contributed by atoms with E-state index >= 15 is 0 Å². The molecule has 4 heteroatoms. The molecule has 1 aliphatic carbocycles. The van der Waals surface area contributed by atoms with Crippen molar-refractivity contribution in [2.75, 3.05) is 6.54 Å². The smallest absolute Gasteiger partial charge is 0.149 e. The van der Waals surface area contributed by atoms with Gasteiger partial charge in [-0.3, -0.25) is 0 Å². The monoisotopic (exact) mass is 358 g/mol. The van der Waals surface area contributed by atoms with E-state index in [2.05, 4.69) is 53.2 Å². The first kappa shape index (κ1) is 17.4. The highest BCUT2D eigenvalue weighted by Gasteiger charge is 2.25. The van der Waals surface area contributed by atoms with E-state index in [4.69, 9.17) is 11.5 Å². The Bertz CT molecular complexity index is 918. The molecular formula is C23H26N4. The van der Waals surface area contributed by atoms with Gasteiger partial charge in [0, 0.05) is 24.5 Å². The molecule has 4 nitrogen and oxygen atoms in total. The molecule has 1 aliphatic heterocycles. The predicted molar refractivity (Wildman–Crippen MR) is 113 cm³/mol. The second-order valence-corrected chi connectivity index (χ2v) is 7.47. The molecule has 0 unspecified atom stereocenters. The number of aryl methyl sites for hydroxylation is 1. The van der Waals surface area contributed by atoms with Crippen LogP contribution >= 0.6 is 0 Å². The Hall–Kier alpha value is -3.01. The average molecular weight is 358 g/mol. The Morgan fingerprint density at radius 3 is 2.59 bits per heavy atom. The minimum atomic E-state index is 0.482. The fraction of sp³-hybridized carbons (Fsp3) is 0.261. The van der Waals surface area contributed by atoms with Gasteiger partial charge in [-0.15, -0.1) is 0 Å². The highest BCUT2D eigenvalue weighted by atomic mass is 15.2. The molecule has 4 N–H and O–H groups in total. The number of nitrogens with zero attached hydrogens (tertiary/aromatic N) is 2. The summed E-state index contributed by atoms with van der Waals surface area (Å²) in [5, 5.41) is 0. The minimum absolute atomic E-state index is 0.482. The lowest BCUT2D eigenvalue weighted by molar-refractivity contribution is 0.253. The van der Waals surface area contributed by atoms with Crippen molar-refractivity contribution in [1.82, 2.24) is 4.90 Å². The number of hydrogen-bond donors (Lipinski definition) is 2. The second kappa shape index (κ2) is 7.31. The third-order valence-electron chi connectivity index (χ3n) is 5.48. The molecule has 0 amide bonds. The topological polar surface area (TPSA) is 67.6 Å². The fourth-order valence-corrected chi connectivity index (χ4v) is 3.62. The van der Waals surface area contributed by atoms with Crippen molar-refractivity contribution in [2.45, 2.75) is 26.2 Å². The van der Waals surface area contributed by atoms with Crippen LogP contribution in [0.3, 0.4) is 0 Å². The molecule has 0 atom stereocenters. The van der Waals surface area contributed by atoms with Crippen LogP contribution in [-0.2, 0) is 0 Å². The molecule has 2 aliphatic rings. The molecule has 0 bridgehead atoms. The average Bonchev–Trinajstić information content (AvgIpc) is 2.65. The maximum absolute atomic E-state index is 6.60. The third kappa shape index (κ3) is 3.61. The second-order valence-electron chi connectivity index (χ2n) is 7.47. The standard InChI is InChI=1S/C23H26N4/c1-16-8-10-18(11-9-16)19-6-3-7-20(14-19)21(24)22-23(25)26-12-13-27(22)15-17-4-2-5-17/h3,6-14,17H,2,4-5,15,24H2,1H3,(H2,25,26)/b22-21-. The summed E-state index contributed by atoms with van der Waals surface area (Å²) in [5.41, 5.74) is 18.9. The Kier molecular flexibility index (Phi) is 4.71. The molecule has 0 radical (unpaired) electrons. The zero-order valence-electron chi connectivity index (χ0n) is 15.7. The summed E-state index contributed by atoms with van der Waals surface area (Å²) in [6.45, 7) is 3.04. The summed E-state index contributed by atoms with van der Waals surface area (Å²) in [4.78, 5) is 6.45. The van der Waals surface area contributed by atoms with Crippen LogP contribution in [0.5, 0.6) is 0 Å². The zero-order chi connectivity index (χ0) is 18.8. The van der Waals surface area contributed by atoms with E-state index in [0.717, 1.165) is 23.4 Å². The van der Waals surface area contributed by atoms with Gasteiger partial charge in [0.2, 0.25) is 0 Å². The third-order valence-corrected chi connectivity index (χ3v) is 5.48. The molecule has 1 heterocycles. The van der Waals surface area contributed by atoms with Crippen LogP contribution < -0.4 is 11.5 Å². The van der Waals surface area contributed by atoms with Gasteiger partial charge in [0.05, 0.1) is 5.70 Å². The van der Waals surface area contributed by atoms with Crippen LogP contribution in [-0.4, -0.2) is 17.3 Å². The normalized spacial score (nSPS) is 18.9. The largest absolute Gasteiger partial charge is 0.396 e. The molecule has 27 heavy (non-hydrogen) atoms. The molecule has 138 valence electrons. The van der Waals surface area contributed by atoms with Crippen LogP contribution in [0.25, 0.3) is 16.8 Å². The molecule has 0 aromatic heterocycles. The van der Waals surface area contributed by atoms with Crippen LogP contribution in [0.15, 0.2) is 71.6 Å². The summed E-state index contributed by atoms with van der Waals surface area (Å²) in [6, 6.07) is 16.8. The first-order chi connectivity index (χ1) is 13.1. The van der Waals surface area contributed by atoms with Crippen molar-refractivity contribution < 1.29 is 0 Å². The predicted octanol–water partition coefficient (Wildman–Crippen LogP) is 4.23. The summed E-state index contributed by atoms with van der Waals surface area (Å²) in [6.07, 6.45) is 7.61. The highest BCUT2D eigenvalue weighted by Crippen LogP contribution is 2.31. The molecule has 4 rings (SSSR count). The number of benzene rings is 2. The van der Waals surface area contributed by atoms with Crippen LogP contribution in [0.4, 0.5) is 0 Å². The Morgan fingerprint density at radius 1 is 1.11 bits per heavy atom. The van der Waals surface area contributed by atoms with Gasteiger partial charge in [-0.1, -0.05) is 54.4 Å². The number of amidine groups is 1. The van der Waals surface area contributed by atoms with Crippen molar-refractivity contribution in [3.05, 3.63) is 77.8 Å². The summed E-state index contributed by atoms with van der Waals surface area (Å²) < 4.78 is 0. The van der Waals surface area contributed by atoms with E-state index in [9.17, 15) is 0 Å². The lowest BCUT2D eigenvalue weighted by Gasteiger charge is -2.34. The van der Waals surface area contributed by atoms with Gasteiger partial charge in [0.15, 0.2) is 0 Å². The van der Waals surface area contributed by atoms with E-state index < -0.39 is 0 Å². The zero-order valence-corrected chi connectivity index (χ0v) is 15.7. The van der Waals surface area contributed by atoms with Crippen LogP contribution in [0, 0.1) is 12.8 Å². The van der Waals surface area contributed by atoms with Gasteiger partial charge in [0.1, 0.15) is 11.5 Å². The Balaban J connectivity index is 1.69. The number of nitrogens with two attached hydrogens (primary N) is 2. The first-order valence-electron chi connectivity index (χ1n) is 9.56. The van der Waals surface area contributed by atoms with Gasteiger partial charge in [-0.05, 0) is 42.9 Å². The molecular weight excluding hydrogens is 332 g/mol. The number of rotatable bonds is 4. The van der Waals surface area contributed by atoms with Crippen molar-refractivity contribution >= 4 is 11.5 Å². The SMILES string of the molecule is Cc1ccc(-c2cccc(/C(N)=C3\C(N)=NC=CN3CC3CCC3)c2)cc1. The Morgan fingerprint density at radius 2 is 1.89 bits per heavy atom. The van der Waals surface area contributed by atoms with Crippen molar-refractivity contribution in [3.63, 3.8) is 0 Å². The Labute approximate surface area is 160 Å². The molecule has 1 saturated carbocycles. The number of hydrogen-bond acceptors (Lipinski definition) is 4. The molecule has 2 aromatic carbocycles. The molecule has 1 fully saturated rings. The highest BCUT2D eigenvalue weighted by molar-refractivity contribution is 6.04. The molecule has 0 saturated heterocycles. The molecule has 0 spiro atoms. The van der Waals surface area contributed by atoms with Crippen LogP contribution in [0.2, 0.25) is 0 Å². The quantitative estimate of drug-likeness (QED) is 0.859. The van der Waals surface area contributed by atoms with Crippen molar-refractivity contribution in [1.29, 1.82) is 0 Å². The molecule has 2 aromatic rings. The maximum Gasteiger partial charge on any atom is 0.149 e. The lowest BCUT2D eigenvalue weighted by atomic mass is 9.85. The number of aliphatic imine (C=N–C) groups is 1. The fourth-order valence-electron chi connectivity index (χ4n) is 3.62. The van der Waals surface area contributed by atoms with Gasteiger partial charge in [-0.2, -0.15) is 0 Å². The van der Waals surface area contributed by atoms with E-state index in [1.807, 2.05) is 18.3 Å². The van der Waals surface area contributed by atoms with Gasteiger partial charge in [0.25, 0.3) is 0 Å². The summed E-state index contributed by atoms with van der Waals surface area (Å²) in [5.74, 6) is 1.19. The van der Waals surface area contributed by atoms with Crippen molar-refractivity contribution in [3.8, 4) is 11.1 Å². The van der Waals surface area contributed by atoms with E-state index in [0.29, 0.717) is 17.5 Å². The minimum Gasteiger partial charge on any atom is -0.396 e.